The molecule has 2 saturated carbocycles. The summed E-state index contributed by atoms with van der Waals surface area (Å²) in [4.78, 5) is 22.7. The molecule has 0 radical (unpaired) electrons. The van der Waals surface area contributed by atoms with Gasteiger partial charge in [-0.3, -0.25) is 4.79 Å². The molecule has 0 heterocycles. The first-order chi connectivity index (χ1) is 14.0. The van der Waals surface area contributed by atoms with Gasteiger partial charge in [-0.25, -0.2) is 4.72 Å². The Morgan fingerprint density at radius 3 is 2.40 bits per heavy atom. The van der Waals surface area contributed by atoms with E-state index >= 15 is 0 Å². The molecule has 0 aliphatic heterocycles. The molecule has 1 aromatic carbocycles. The van der Waals surface area contributed by atoms with E-state index in [4.69, 9.17) is 0 Å². The van der Waals surface area contributed by atoms with Crippen molar-refractivity contribution < 1.29 is 14.7 Å². The Morgan fingerprint density at radius 1 is 1.23 bits per heavy atom. The van der Waals surface area contributed by atoms with Crippen molar-refractivity contribution in [2.45, 2.75) is 82.4 Å². The number of nitrogens with one attached hydrogen (secondary N) is 2. The van der Waals surface area contributed by atoms with E-state index in [2.05, 4.69) is 24.0 Å². The fraction of sp³-hybridized carbons (Fsp3) is 0.667. The van der Waals surface area contributed by atoms with E-state index in [0.29, 0.717) is 17.5 Å². The second kappa shape index (κ2) is 10.4. The molecule has 5 nitrogen and oxygen atoms in total. The van der Waals surface area contributed by atoms with Crippen molar-refractivity contribution in [2.24, 2.45) is 17.8 Å². The Labute approximate surface area is 185 Å². The van der Waals surface area contributed by atoms with Gasteiger partial charge in [-0.15, -0.1) is 0 Å². The number of carbonyl (C=O) groups excluding carboxylic acids is 2. The smallest absolute Gasteiger partial charge is 0.159 e. The SMILES string of the molecule is CC(=O)c1ccc(SNC(C)(C)C=O)cc1.CNC1C(C)CC2CC1CC(C)(O)C2. The van der Waals surface area contributed by atoms with Crippen LogP contribution in [-0.4, -0.2) is 41.4 Å². The average molecular weight is 435 g/mol. The first kappa shape index (κ1) is 25.1. The van der Waals surface area contributed by atoms with Crippen LogP contribution in [0.15, 0.2) is 29.2 Å². The largest absolute Gasteiger partial charge is 0.390 e. The monoisotopic (exact) mass is 434 g/mol. The third-order valence-electron chi connectivity index (χ3n) is 6.21. The average Bonchev–Trinajstić information content (AvgIpc) is 2.66. The summed E-state index contributed by atoms with van der Waals surface area (Å²) >= 11 is 1.38. The zero-order valence-electron chi connectivity index (χ0n) is 19.2. The molecule has 1 aromatic rings. The third-order valence-corrected chi connectivity index (χ3v) is 7.35. The summed E-state index contributed by atoms with van der Waals surface area (Å²) in [7, 11) is 2.06. The zero-order valence-corrected chi connectivity index (χ0v) is 20.0. The van der Waals surface area contributed by atoms with Gasteiger partial charge < -0.3 is 15.2 Å². The number of aliphatic hydroxyl groups is 1. The van der Waals surface area contributed by atoms with E-state index in [1.165, 1.54) is 31.7 Å². The number of rotatable bonds is 6. The number of Topliss-reactive ketones (excluding diaryl/α,β-unsaturated/α-hetero) is 1. The quantitative estimate of drug-likeness (QED) is 0.353. The van der Waals surface area contributed by atoms with Gasteiger partial charge in [0.2, 0.25) is 0 Å². The van der Waals surface area contributed by atoms with E-state index in [1.807, 2.05) is 19.1 Å². The lowest BCUT2D eigenvalue weighted by Gasteiger charge is -2.49. The summed E-state index contributed by atoms with van der Waals surface area (Å²) in [5.74, 6) is 2.29. The van der Waals surface area contributed by atoms with Crippen LogP contribution in [0, 0.1) is 17.8 Å². The Kier molecular flexibility index (Phi) is 8.69. The van der Waals surface area contributed by atoms with Crippen molar-refractivity contribution in [3.8, 4) is 0 Å². The Morgan fingerprint density at radius 2 is 1.87 bits per heavy atom. The van der Waals surface area contributed by atoms with Crippen LogP contribution in [0.25, 0.3) is 0 Å². The van der Waals surface area contributed by atoms with Crippen LogP contribution in [0.4, 0.5) is 0 Å². The highest BCUT2D eigenvalue weighted by molar-refractivity contribution is 7.97. The van der Waals surface area contributed by atoms with Crippen LogP contribution < -0.4 is 10.0 Å². The number of fused-ring (bicyclic) bond motifs is 2. The Hall–Kier alpha value is -1.21. The molecule has 2 aliphatic rings. The van der Waals surface area contributed by atoms with Gasteiger partial charge in [0, 0.05) is 16.5 Å². The minimum absolute atomic E-state index is 0.0535. The molecular weight excluding hydrogens is 396 g/mol. The molecule has 3 rings (SSSR count). The van der Waals surface area contributed by atoms with E-state index in [-0.39, 0.29) is 5.78 Å². The van der Waals surface area contributed by atoms with Crippen LogP contribution in [0.2, 0.25) is 0 Å². The predicted octanol–water partition coefficient (Wildman–Crippen LogP) is 4.24. The highest BCUT2D eigenvalue weighted by atomic mass is 32.2. The topological polar surface area (TPSA) is 78.4 Å². The molecule has 2 bridgehead atoms. The molecule has 5 atom stereocenters. The summed E-state index contributed by atoms with van der Waals surface area (Å²) < 4.78 is 3.04. The standard InChI is InChI=1S/C12H15NO2S.C12H23NO/c1-9(15)10-4-6-11(7-5-10)16-13-12(2,3)8-14;1-8-4-9-5-10(11(8)13-3)7-12(2,14)6-9/h4-8,13H,1-3H3;8-11,13-14H,4-7H2,1-3H3. The molecule has 0 spiro atoms. The van der Waals surface area contributed by atoms with E-state index in [1.54, 1.807) is 26.0 Å². The maximum Gasteiger partial charge on any atom is 0.159 e. The van der Waals surface area contributed by atoms with Crippen LogP contribution >= 0.6 is 11.9 Å². The highest BCUT2D eigenvalue weighted by Gasteiger charge is 2.44. The van der Waals surface area contributed by atoms with Gasteiger partial charge in [0.25, 0.3) is 0 Å². The molecule has 0 aromatic heterocycles. The van der Waals surface area contributed by atoms with Crippen LogP contribution in [-0.2, 0) is 4.79 Å². The molecule has 2 aliphatic carbocycles. The molecular formula is C24H38N2O3S. The second-order valence-electron chi connectivity index (χ2n) is 9.92. The van der Waals surface area contributed by atoms with Crippen LogP contribution in [0.5, 0.6) is 0 Å². The minimum Gasteiger partial charge on any atom is -0.390 e. The van der Waals surface area contributed by atoms with Gasteiger partial charge in [-0.1, -0.05) is 19.1 Å². The number of carbonyl (C=O) groups is 2. The number of ketones is 1. The van der Waals surface area contributed by atoms with Crippen LogP contribution in [0.1, 0.15) is 70.7 Å². The third kappa shape index (κ3) is 7.19. The molecule has 6 heteroatoms. The van der Waals surface area contributed by atoms with Crippen LogP contribution in [0.3, 0.4) is 0 Å². The van der Waals surface area contributed by atoms with Gasteiger partial charge in [0.15, 0.2) is 5.78 Å². The van der Waals surface area contributed by atoms with Crippen molar-refractivity contribution in [2.75, 3.05) is 7.05 Å². The summed E-state index contributed by atoms with van der Waals surface area (Å²) in [6.45, 7) is 9.50. The molecule has 0 saturated heterocycles. The fourth-order valence-electron chi connectivity index (χ4n) is 4.95. The second-order valence-corrected chi connectivity index (χ2v) is 10.8. The number of aldehydes is 1. The zero-order chi connectivity index (χ0) is 22.5. The van der Waals surface area contributed by atoms with Gasteiger partial charge in [-0.05, 0) is 102 Å². The lowest BCUT2D eigenvalue weighted by Crippen LogP contribution is -2.51. The minimum atomic E-state index is -0.552. The van der Waals surface area contributed by atoms with Crippen molar-refractivity contribution in [3.05, 3.63) is 29.8 Å². The Bertz CT molecular complexity index is 716. The van der Waals surface area contributed by atoms with Gasteiger partial charge in [0.1, 0.15) is 6.29 Å². The van der Waals surface area contributed by atoms with E-state index in [9.17, 15) is 14.7 Å². The summed E-state index contributed by atoms with van der Waals surface area (Å²) in [5, 5.41) is 13.6. The highest BCUT2D eigenvalue weighted by Crippen LogP contribution is 2.46. The number of hydrogen-bond acceptors (Lipinski definition) is 6. The summed E-state index contributed by atoms with van der Waals surface area (Å²) in [6, 6.07) is 7.89. The maximum atomic E-state index is 11.1. The molecule has 168 valence electrons. The van der Waals surface area contributed by atoms with Crippen molar-refractivity contribution >= 4 is 24.0 Å². The molecule has 2 fully saturated rings. The molecule has 0 amide bonds. The van der Waals surface area contributed by atoms with Gasteiger partial charge in [-0.2, -0.15) is 0 Å². The molecule has 5 unspecified atom stereocenters. The van der Waals surface area contributed by atoms with Crippen molar-refractivity contribution in [1.29, 1.82) is 0 Å². The first-order valence-electron chi connectivity index (χ1n) is 10.9. The van der Waals surface area contributed by atoms with E-state index in [0.717, 1.165) is 35.9 Å². The first-order valence-corrected chi connectivity index (χ1v) is 11.7. The summed E-state index contributed by atoms with van der Waals surface area (Å²) in [5.41, 5.74) is -0.258. The summed E-state index contributed by atoms with van der Waals surface area (Å²) in [6.07, 6.45) is 5.48. The fourth-order valence-corrected chi connectivity index (χ4v) is 5.65. The van der Waals surface area contributed by atoms with Crippen molar-refractivity contribution in [3.63, 3.8) is 0 Å². The van der Waals surface area contributed by atoms with Gasteiger partial charge >= 0.3 is 0 Å². The lowest BCUT2D eigenvalue weighted by molar-refractivity contribution is -0.111. The van der Waals surface area contributed by atoms with Gasteiger partial charge in [0.05, 0.1) is 11.1 Å². The lowest BCUT2D eigenvalue weighted by atomic mass is 9.61. The predicted molar refractivity (Wildman–Crippen MR) is 124 cm³/mol. The molecule has 3 N–H and O–H groups in total. The Balaban J connectivity index is 0.000000215. The van der Waals surface area contributed by atoms with Crippen molar-refractivity contribution in [1.82, 2.24) is 10.0 Å². The van der Waals surface area contributed by atoms with E-state index < -0.39 is 11.1 Å². The molecule has 30 heavy (non-hydrogen) atoms. The maximum absolute atomic E-state index is 11.1. The normalized spacial score (nSPS) is 30.8. The number of benzene rings is 1. The number of hydrogen-bond donors (Lipinski definition) is 3.